The fraction of sp³-hybridized carbons (Fsp3) is 0.286. The summed E-state index contributed by atoms with van der Waals surface area (Å²) in [7, 11) is 1.52. The average molecular weight is 400 g/mol. The number of benzene rings is 2. The number of methoxy groups -OCH3 is 1. The first kappa shape index (κ1) is 21.7. The highest BCUT2D eigenvalue weighted by atomic mass is 16.6. The Balaban J connectivity index is 1.84. The second kappa shape index (κ2) is 9.59. The molecule has 0 heterocycles. The van der Waals surface area contributed by atoms with Crippen LogP contribution in [0.25, 0.3) is 0 Å². The zero-order valence-electron chi connectivity index (χ0n) is 16.8. The minimum atomic E-state index is -0.658. The van der Waals surface area contributed by atoms with Crippen LogP contribution in [-0.2, 0) is 14.3 Å². The minimum Gasteiger partial charge on any atom is -0.497 e. The molecular formula is C21H24N2O6. The Morgan fingerprint density at radius 2 is 1.62 bits per heavy atom. The lowest BCUT2D eigenvalue weighted by molar-refractivity contribution is -0.119. The van der Waals surface area contributed by atoms with E-state index in [2.05, 4.69) is 10.6 Å². The summed E-state index contributed by atoms with van der Waals surface area (Å²) in [6.07, 6.45) is -0.595. The Morgan fingerprint density at radius 3 is 2.24 bits per heavy atom. The second-order valence-electron chi connectivity index (χ2n) is 7.06. The molecule has 0 aliphatic carbocycles. The number of amides is 2. The summed E-state index contributed by atoms with van der Waals surface area (Å²) < 4.78 is 15.2. The number of nitrogens with one attached hydrogen (secondary N) is 2. The van der Waals surface area contributed by atoms with Crippen LogP contribution < -0.4 is 15.4 Å². The predicted octanol–water partition coefficient (Wildman–Crippen LogP) is 3.84. The van der Waals surface area contributed by atoms with Crippen LogP contribution in [0.2, 0.25) is 0 Å². The predicted molar refractivity (Wildman–Crippen MR) is 108 cm³/mol. The van der Waals surface area contributed by atoms with Gasteiger partial charge in [-0.2, -0.15) is 0 Å². The summed E-state index contributed by atoms with van der Waals surface area (Å²) in [6, 6.07) is 12.9. The fourth-order valence-corrected chi connectivity index (χ4v) is 2.22. The number of esters is 1. The first-order valence-corrected chi connectivity index (χ1v) is 8.87. The zero-order chi connectivity index (χ0) is 21.4. The van der Waals surface area contributed by atoms with Crippen LogP contribution >= 0.6 is 0 Å². The third kappa shape index (κ3) is 7.53. The number of ether oxygens (including phenoxy) is 3. The SMILES string of the molecule is COc1cccc(NC(=O)COC(=O)c2ccc(NC(=O)OC(C)(C)C)cc2)c1. The van der Waals surface area contributed by atoms with E-state index in [1.807, 2.05) is 0 Å². The van der Waals surface area contributed by atoms with Crippen molar-refractivity contribution in [3.05, 3.63) is 54.1 Å². The largest absolute Gasteiger partial charge is 0.497 e. The molecule has 0 saturated heterocycles. The molecule has 2 aromatic carbocycles. The fourth-order valence-electron chi connectivity index (χ4n) is 2.22. The first-order valence-electron chi connectivity index (χ1n) is 8.87. The summed E-state index contributed by atoms with van der Waals surface area (Å²) >= 11 is 0. The first-order chi connectivity index (χ1) is 13.7. The van der Waals surface area contributed by atoms with Crippen molar-refractivity contribution in [1.29, 1.82) is 0 Å². The van der Waals surface area contributed by atoms with Crippen LogP contribution in [0.15, 0.2) is 48.5 Å². The van der Waals surface area contributed by atoms with E-state index in [0.29, 0.717) is 17.1 Å². The molecule has 0 spiro atoms. The van der Waals surface area contributed by atoms with E-state index in [9.17, 15) is 14.4 Å². The molecule has 8 nitrogen and oxygen atoms in total. The Morgan fingerprint density at radius 1 is 0.931 bits per heavy atom. The summed E-state index contributed by atoms with van der Waals surface area (Å²) in [5, 5.41) is 5.18. The molecule has 0 unspecified atom stereocenters. The molecule has 2 amide bonds. The smallest absolute Gasteiger partial charge is 0.412 e. The van der Waals surface area contributed by atoms with Crippen molar-refractivity contribution in [1.82, 2.24) is 0 Å². The van der Waals surface area contributed by atoms with Gasteiger partial charge in [0.05, 0.1) is 12.7 Å². The number of carbonyl (C=O) groups is 3. The van der Waals surface area contributed by atoms with Gasteiger partial charge in [0.15, 0.2) is 6.61 Å². The van der Waals surface area contributed by atoms with Crippen molar-refractivity contribution in [3.8, 4) is 5.75 Å². The van der Waals surface area contributed by atoms with E-state index in [0.717, 1.165) is 0 Å². The molecule has 2 N–H and O–H groups in total. The number of rotatable bonds is 6. The Hall–Kier alpha value is -3.55. The van der Waals surface area contributed by atoms with Crippen molar-refractivity contribution < 1.29 is 28.6 Å². The van der Waals surface area contributed by atoms with Crippen LogP contribution in [-0.4, -0.2) is 37.3 Å². The number of hydrogen-bond donors (Lipinski definition) is 2. The van der Waals surface area contributed by atoms with Gasteiger partial charge in [-0.1, -0.05) is 6.07 Å². The summed E-state index contributed by atoms with van der Waals surface area (Å²) in [5.41, 5.74) is 0.627. The Labute approximate surface area is 169 Å². The van der Waals surface area contributed by atoms with E-state index in [1.165, 1.54) is 31.4 Å². The molecular weight excluding hydrogens is 376 g/mol. The molecule has 0 fully saturated rings. The molecule has 2 rings (SSSR count). The maximum Gasteiger partial charge on any atom is 0.412 e. The lowest BCUT2D eigenvalue weighted by Gasteiger charge is -2.19. The molecule has 0 saturated carbocycles. The van der Waals surface area contributed by atoms with E-state index in [-0.39, 0.29) is 5.56 Å². The lowest BCUT2D eigenvalue weighted by atomic mass is 10.2. The van der Waals surface area contributed by atoms with Crippen molar-refractivity contribution >= 4 is 29.3 Å². The third-order valence-electron chi connectivity index (χ3n) is 3.45. The van der Waals surface area contributed by atoms with Gasteiger partial charge >= 0.3 is 12.1 Å². The molecule has 0 radical (unpaired) electrons. The van der Waals surface area contributed by atoms with Gasteiger partial charge in [-0.15, -0.1) is 0 Å². The van der Waals surface area contributed by atoms with E-state index < -0.39 is 30.2 Å². The van der Waals surface area contributed by atoms with Crippen molar-refractivity contribution in [3.63, 3.8) is 0 Å². The number of anilines is 2. The second-order valence-corrected chi connectivity index (χ2v) is 7.06. The summed E-state index contributed by atoms with van der Waals surface area (Å²) in [4.78, 5) is 35.8. The van der Waals surface area contributed by atoms with Gasteiger partial charge in [-0.3, -0.25) is 10.1 Å². The lowest BCUT2D eigenvalue weighted by Crippen LogP contribution is -2.27. The highest BCUT2D eigenvalue weighted by Crippen LogP contribution is 2.17. The van der Waals surface area contributed by atoms with Gasteiger partial charge < -0.3 is 19.5 Å². The molecule has 0 aliphatic rings. The Kier molecular flexibility index (Phi) is 7.19. The van der Waals surface area contributed by atoms with E-state index in [4.69, 9.17) is 14.2 Å². The van der Waals surface area contributed by atoms with Gasteiger partial charge in [-0.05, 0) is 57.2 Å². The van der Waals surface area contributed by atoms with Gasteiger partial charge in [-0.25, -0.2) is 9.59 Å². The zero-order valence-corrected chi connectivity index (χ0v) is 16.8. The van der Waals surface area contributed by atoms with Gasteiger partial charge in [0.2, 0.25) is 0 Å². The van der Waals surface area contributed by atoms with Crippen LogP contribution in [0.3, 0.4) is 0 Å². The van der Waals surface area contributed by atoms with Gasteiger partial charge in [0, 0.05) is 17.4 Å². The quantitative estimate of drug-likeness (QED) is 0.714. The minimum absolute atomic E-state index is 0.244. The number of hydrogen-bond acceptors (Lipinski definition) is 6. The topological polar surface area (TPSA) is 103 Å². The molecule has 8 heteroatoms. The molecule has 0 atom stereocenters. The van der Waals surface area contributed by atoms with Crippen LogP contribution in [0.4, 0.5) is 16.2 Å². The highest BCUT2D eigenvalue weighted by Gasteiger charge is 2.16. The maximum absolute atomic E-state index is 12.1. The van der Waals surface area contributed by atoms with Gasteiger partial charge in [0.1, 0.15) is 11.4 Å². The van der Waals surface area contributed by atoms with Gasteiger partial charge in [0.25, 0.3) is 5.91 Å². The standard InChI is InChI=1S/C21H24N2O6/c1-21(2,3)29-20(26)23-15-10-8-14(9-11-15)19(25)28-13-18(24)22-16-6-5-7-17(12-16)27-4/h5-12H,13H2,1-4H3,(H,22,24)(H,23,26). The van der Waals surface area contributed by atoms with Crippen LogP contribution in [0.5, 0.6) is 5.75 Å². The molecule has 154 valence electrons. The maximum atomic E-state index is 12.1. The third-order valence-corrected chi connectivity index (χ3v) is 3.45. The molecule has 2 aromatic rings. The van der Waals surface area contributed by atoms with Crippen molar-refractivity contribution in [2.75, 3.05) is 24.4 Å². The van der Waals surface area contributed by atoms with E-state index in [1.54, 1.807) is 45.0 Å². The number of carbonyl (C=O) groups excluding carboxylic acids is 3. The normalized spacial score (nSPS) is 10.6. The van der Waals surface area contributed by atoms with Crippen LogP contribution in [0.1, 0.15) is 31.1 Å². The molecule has 0 aromatic heterocycles. The summed E-state index contributed by atoms with van der Waals surface area (Å²) in [5.74, 6) is -0.538. The van der Waals surface area contributed by atoms with Crippen molar-refractivity contribution in [2.45, 2.75) is 26.4 Å². The molecule has 29 heavy (non-hydrogen) atoms. The molecule has 0 aliphatic heterocycles. The van der Waals surface area contributed by atoms with E-state index >= 15 is 0 Å². The van der Waals surface area contributed by atoms with Crippen LogP contribution in [0, 0.1) is 0 Å². The summed E-state index contributed by atoms with van der Waals surface area (Å²) in [6.45, 7) is 4.84. The van der Waals surface area contributed by atoms with Crippen molar-refractivity contribution in [2.24, 2.45) is 0 Å². The molecule has 0 bridgehead atoms. The monoisotopic (exact) mass is 400 g/mol. The average Bonchev–Trinajstić information content (AvgIpc) is 2.65. The highest BCUT2D eigenvalue weighted by molar-refractivity contribution is 5.96. The Bertz CT molecular complexity index is 871.